The number of benzene rings is 3. The molecule has 0 saturated carbocycles. The van der Waals surface area contributed by atoms with Gasteiger partial charge in [0.25, 0.3) is 5.91 Å². The predicted molar refractivity (Wildman–Crippen MR) is 129 cm³/mol. The molecule has 1 heterocycles. The lowest BCUT2D eigenvalue weighted by atomic mass is 10.1. The molecule has 0 fully saturated rings. The van der Waals surface area contributed by atoms with Gasteiger partial charge in [0.1, 0.15) is 0 Å². The van der Waals surface area contributed by atoms with Crippen LogP contribution in [0, 0.1) is 0 Å². The predicted octanol–water partition coefficient (Wildman–Crippen LogP) is 3.43. The first-order chi connectivity index (χ1) is 16.0. The summed E-state index contributed by atoms with van der Waals surface area (Å²) >= 11 is 0. The molecule has 0 aromatic heterocycles. The number of carbonyl (C=O) groups excluding carboxylic acids is 1. The highest BCUT2D eigenvalue weighted by Crippen LogP contribution is 2.30. The Kier molecular flexibility index (Phi) is 7.08. The fourth-order valence-electron chi connectivity index (χ4n) is 3.92. The van der Waals surface area contributed by atoms with E-state index in [1.54, 1.807) is 12.1 Å². The van der Waals surface area contributed by atoms with Gasteiger partial charge in [0.2, 0.25) is 10.0 Å². The average molecular weight is 466 g/mol. The summed E-state index contributed by atoms with van der Waals surface area (Å²) in [5.41, 5.74) is 4.52. The van der Waals surface area contributed by atoms with Crippen LogP contribution >= 0.6 is 0 Å². The zero-order valence-electron chi connectivity index (χ0n) is 18.5. The third-order valence-electron chi connectivity index (χ3n) is 5.61. The van der Waals surface area contributed by atoms with Crippen molar-refractivity contribution in [3.05, 3.63) is 89.5 Å². The van der Waals surface area contributed by atoms with E-state index < -0.39 is 10.0 Å². The first kappa shape index (κ1) is 23.0. The number of nitrogens with zero attached hydrogens (tertiary/aromatic N) is 1. The van der Waals surface area contributed by atoms with Gasteiger partial charge in [-0.15, -0.1) is 0 Å². The largest absolute Gasteiger partial charge is 0.383 e. The summed E-state index contributed by atoms with van der Waals surface area (Å²) in [6.07, 6.45) is 1.00. The Morgan fingerprint density at radius 2 is 1.82 bits per heavy atom. The summed E-state index contributed by atoms with van der Waals surface area (Å²) in [4.78, 5) is 15.3. The van der Waals surface area contributed by atoms with Gasteiger partial charge in [0, 0.05) is 43.7 Å². The van der Waals surface area contributed by atoms with Gasteiger partial charge in [0.05, 0.1) is 11.5 Å². The lowest BCUT2D eigenvalue weighted by Gasteiger charge is -2.21. The van der Waals surface area contributed by atoms with Crippen molar-refractivity contribution in [1.29, 1.82) is 0 Å². The van der Waals surface area contributed by atoms with Crippen molar-refractivity contribution in [1.82, 2.24) is 4.72 Å². The molecule has 0 atom stereocenters. The molecule has 1 aliphatic heterocycles. The number of carbonyl (C=O) groups is 1. The van der Waals surface area contributed by atoms with Crippen molar-refractivity contribution in [2.45, 2.75) is 17.9 Å². The fraction of sp³-hybridized carbons (Fsp3) is 0.240. The summed E-state index contributed by atoms with van der Waals surface area (Å²) in [6.45, 7) is 2.02. The van der Waals surface area contributed by atoms with Crippen LogP contribution in [0.4, 0.5) is 11.4 Å². The summed E-state index contributed by atoms with van der Waals surface area (Å²) in [5, 5.41) is 2.95. The molecule has 8 heteroatoms. The van der Waals surface area contributed by atoms with E-state index in [-0.39, 0.29) is 29.5 Å². The SMILES string of the molecule is COCCNS(=O)(=O)c1cccc(C(=O)Nc2ccccc2CN2CCc3ccccc32)c1. The van der Waals surface area contributed by atoms with Gasteiger partial charge in [-0.25, -0.2) is 13.1 Å². The number of fused-ring (bicyclic) bond motifs is 1. The lowest BCUT2D eigenvalue weighted by molar-refractivity contribution is 0.102. The smallest absolute Gasteiger partial charge is 0.255 e. The maximum atomic E-state index is 13.0. The lowest BCUT2D eigenvalue weighted by Crippen LogP contribution is -2.27. The van der Waals surface area contributed by atoms with Crippen molar-refractivity contribution < 1.29 is 17.9 Å². The number of methoxy groups -OCH3 is 1. The first-order valence-electron chi connectivity index (χ1n) is 10.8. The van der Waals surface area contributed by atoms with Gasteiger partial charge in [-0.3, -0.25) is 4.79 Å². The van der Waals surface area contributed by atoms with E-state index in [1.165, 1.54) is 30.5 Å². The topological polar surface area (TPSA) is 87.7 Å². The minimum Gasteiger partial charge on any atom is -0.383 e. The van der Waals surface area contributed by atoms with Gasteiger partial charge in [-0.2, -0.15) is 0 Å². The summed E-state index contributed by atoms with van der Waals surface area (Å²) in [7, 11) is -2.23. The number of para-hydroxylation sites is 2. The second kappa shape index (κ2) is 10.2. The minimum absolute atomic E-state index is 0.0354. The molecule has 0 radical (unpaired) electrons. The van der Waals surface area contributed by atoms with Crippen molar-refractivity contribution in [2.24, 2.45) is 0 Å². The van der Waals surface area contributed by atoms with Crippen molar-refractivity contribution in [2.75, 3.05) is 37.0 Å². The van der Waals surface area contributed by atoms with Crippen LogP contribution < -0.4 is 14.9 Å². The first-order valence-corrected chi connectivity index (χ1v) is 12.3. The van der Waals surface area contributed by atoms with E-state index in [9.17, 15) is 13.2 Å². The third kappa shape index (κ3) is 5.42. The molecular weight excluding hydrogens is 438 g/mol. The normalized spacial score (nSPS) is 13.1. The van der Waals surface area contributed by atoms with Gasteiger partial charge >= 0.3 is 0 Å². The highest BCUT2D eigenvalue weighted by atomic mass is 32.2. The Hall–Kier alpha value is -3.20. The molecule has 1 aliphatic rings. The van der Waals surface area contributed by atoms with Crippen molar-refractivity contribution >= 4 is 27.3 Å². The zero-order valence-corrected chi connectivity index (χ0v) is 19.3. The van der Waals surface area contributed by atoms with Gasteiger partial charge in [-0.05, 0) is 47.9 Å². The number of hydrogen-bond acceptors (Lipinski definition) is 5. The number of sulfonamides is 1. The van der Waals surface area contributed by atoms with Crippen LogP contribution in [0.1, 0.15) is 21.5 Å². The van der Waals surface area contributed by atoms with Crippen LogP contribution in [-0.4, -0.2) is 41.1 Å². The molecule has 7 nitrogen and oxygen atoms in total. The Balaban J connectivity index is 1.50. The minimum atomic E-state index is -3.73. The van der Waals surface area contributed by atoms with E-state index in [4.69, 9.17) is 4.74 Å². The van der Waals surface area contributed by atoms with E-state index in [0.29, 0.717) is 12.2 Å². The van der Waals surface area contributed by atoms with Crippen LogP contribution in [0.25, 0.3) is 0 Å². The number of nitrogens with one attached hydrogen (secondary N) is 2. The Morgan fingerprint density at radius 3 is 2.67 bits per heavy atom. The molecule has 0 aliphatic carbocycles. The average Bonchev–Trinajstić information content (AvgIpc) is 3.23. The Labute approximate surface area is 194 Å². The van der Waals surface area contributed by atoms with E-state index in [0.717, 1.165) is 18.5 Å². The van der Waals surface area contributed by atoms with Crippen LogP contribution in [0.2, 0.25) is 0 Å². The van der Waals surface area contributed by atoms with Gasteiger partial charge < -0.3 is 15.0 Å². The van der Waals surface area contributed by atoms with Crippen LogP contribution in [0.5, 0.6) is 0 Å². The molecule has 4 rings (SSSR count). The maximum Gasteiger partial charge on any atom is 0.255 e. The highest BCUT2D eigenvalue weighted by Gasteiger charge is 2.20. The van der Waals surface area contributed by atoms with Gasteiger partial charge in [-0.1, -0.05) is 42.5 Å². The number of hydrogen-bond donors (Lipinski definition) is 2. The van der Waals surface area contributed by atoms with E-state index in [2.05, 4.69) is 33.1 Å². The number of anilines is 2. The molecule has 3 aromatic carbocycles. The second-order valence-electron chi connectivity index (χ2n) is 7.83. The Morgan fingerprint density at radius 1 is 1.03 bits per heavy atom. The van der Waals surface area contributed by atoms with Crippen LogP contribution in [0.15, 0.2) is 77.7 Å². The van der Waals surface area contributed by atoms with E-state index >= 15 is 0 Å². The monoisotopic (exact) mass is 465 g/mol. The molecule has 33 heavy (non-hydrogen) atoms. The molecule has 0 unspecified atom stereocenters. The Bertz CT molecular complexity index is 1240. The third-order valence-corrected chi connectivity index (χ3v) is 7.07. The van der Waals surface area contributed by atoms with Crippen molar-refractivity contribution in [3.8, 4) is 0 Å². The van der Waals surface area contributed by atoms with E-state index in [1.807, 2.05) is 30.3 Å². The quantitative estimate of drug-likeness (QED) is 0.473. The molecule has 0 bridgehead atoms. The van der Waals surface area contributed by atoms with Gasteiger partial charge in [0.15, 0.2) is 0 Å². The molecule has 1 amide bonds. The number of ether oxygens (including phenoxy) is 1. The van der Waals surface area contributed by atoms with Crippen LogP contribution in [0.3, 0.4) is 0 Å². The standard InChI is InChI=1S/C25H27N3O4S/c1-32-16-14-26-33(30,31)22-10-6-9-20(17-22)25(29)27-23-11-4-2-8-21(23)18-28-15-13-19-7-3-5-12-24(19)28/h2-12,17,26H,13-16,18H2,1H3,(H,27,29). The molecular formula is C25H27N3O4S. The molecule has 0 spiro atoms. The summed E-state index contributed by atoms with van der Waals surface area (Å²) < 4.78 is 32.3. The summed E-state index contributed by atoms with van der Waals surface area (Å²) in [6, 6.07) is 22.0. The molecule has 0 saturated heterocycles. The molecule has 2 N–H and O–H groups in total. The van der Waals surface area contributed by atoms with Crippen molar-refractivity contribution in [3.63, 3.8) is 0 Å². The molecule has 3 aromatic rings. The van der Waals surface area contributed by atoms with Crippen LogP contribution in [-0.2, 0) is 27.7 Å². The second-order valence-corrected chi connectivity index (χ2v) is 9.60. The zero-order chi connectivity index (χ0) is 23.3. The fourth-order valence-corrected chi connectivity index (χ4v) is 4.98. The highest BCUT2D eigenvalue weighted by molar-refractivity contribution is 7.89. The number of rotatable bonds is 9. The number of amides is 1. The summed E-state index contributed by atoms with van der Waals surface area (Å²) in [5.74, 6) is -0.363. The maximum absolute atomic E-state index is 13.0. The molecule has 172 valence electrons.